The molecule has 0 saturated carbocycles. The molecule has 0 aliphatic heterocycles. The van der Waals surface area contributed by atoms with E-state index < -0.39 is 20.5 Å². The van der Waals surface area contributed by atoms with Crippen LogP contribution < -0.4 is 5.48 Å². The number of carbonyl (C=O) groups excluding carboxylic acids is 1. The minimum absolute atomic E-state index is 0.0378. The molecule has 0 bridgehead atoms. The predicted octanol–water partition coefficient (Wildman–Crippen LogP) is 0.485. The highest BCUT2D eigenvalue weighted by Gasteiger charge is 2.40. The Morgan fingerprint density at radius 1 is 1.43 bits per heavy atom. The van der Waals surface area contributed by atoms with Gasteiger partial charge in [-0.2, -0.15) is 0 Å². The molecule has 0 aliphatic rings. The lowest BCUT2D eigenvalue weighted by atomic mass is 10.2. The molecule has 5 nitrogen and oxygen atoms in total. The molecular weight excluding hydrogens is 206 g/mol. The number of sulfone groups is 1. The van der Waals surface area contributed by atoms with Crippen LogP contribution in [0.1, 0.15) is 33.6 Å². The van der Waals surface area contributed by atoms with Crippen molar-refractivity contribution in [2.45, 2.75) is 38.4 Å². The van der Waals surface area contributed by atoms with Crippen LogP contribution in [-0.4, -0.2) is 30.0 Å². The summed E-state index contributed by atoms with van der Waals surface area (Å²) in [6.07, 6.45) is 1.26. The fraction of sp³-hybridized carbons (Fsp3) is 0.875. The van der Waals surface area contributed by atoms with Gasteiger partial charge in [0.15, 0.2) is 9.84 Å². The van der Waals surface area contributed by atoms with Crippen molar-refractivity contribution in [1.29, 1.82) is 0 Å². The normalized spacial score (nSPS) is 12.6. The Bertz CT molecular complexity index is 294. The van der Waals surface area contributed by atoms with E-state index in [4.69, 9.17) is 5.21 Å². The number of hydrogen-bond donors (Lipinski definition) is 2. The first-order valence-corrected chi connectivity index (χ1v) is 6.11. The van der Waals surface area contributed by atoms with Crippen molar-refractivity contribution in [3.63, 3.8) is 0 Å². The third kappa shape index (κ3) is 2.68. The number of unbranched alkanes of at least 4 members (excludes halogenated alkanes) is 1. The zero-order valence-corrected chi connectivity index (χ0v) is 9.52. The number of amides is 1. The topological polar surface area (TPSA) is 83.5 Å². The van der Waals surface area contributed by atoms with Gasteiger partial charge < -0.3 is 0 Å². The highest BCUT2D eigenvalue weighted by atomic mass is 32.2. The summed E-state index contributed by atoms with van der Waals surface area (Å²) >= 11 is 0. The first-order chi connectivity index (χ1) is 6.29. The van der Waals surface area contributed by atoms with E-state index >= 15 is 0 Å². The van der Waals surface area contributed by atoms with Crippen molar-refractivity contribution in [3.8, 4) is 0 Å². The fourth-order valence-corrected chi connectivity index (χ4v) is 2.37. The maximum absolute atomic E-state index is 11.6. The van der Waals surface area contributed by atoms with Crippen LogP contribution in [0, 0.1) is 0 Å². The Hall–Kier alpha value is -0.620. The smallest absolute Gasteiger partial charge is 0.264 e. The summed E-state index contributed by atoms with van der Waals surface area (Å²) in [7, 11) is -3.51. The van der Waals surface area contributed by atoms with Crippen molar-refractivity contribution >= 4 is 15.7 Å². The quantitative estimate of drug-likeness (QED) is 0.524. The average Bonchev–Trinajstić information content (AvgIpc) is 2.13. The van der Waals surface area contributed by atoms with E-state index in [1.165, 1.54) is 19.3 Å². The largest absolute Gasteiger partial charge is 0.289 e. The number of rotatable bonds is 5. The summed E-state index contributed by atoms with van der Waals surface area (Å²) < 4.78 is 21.7. The van der Waals surface area contributed by atoms with Gasteiger partial charge in [0.25, 0.3) is 5.91 Å². The van der Waals surface area contributed by atoms with Gasteiger partial charge in [0.2, 0.25) is 0 Å². The zero-order chi connectivity index (χ0) is 11.4. The van der Waals surface area contributed by atoms with Gasteiger partial charge in [0, 0.05) is 0 Å². The highest BCUT2D eigenvalue weighted by molar-refractivity contribution is 7.93. The van der Waals surface area contributed by atoms with Crippen LogP contribution in [0.15, 0.2) is 0 Å². The molecule has 6 heteroatoms. The molecule has 0 heterocycles. The maximum Gasteiger partial charge on any atom is 0.264 e. The van der Waals surface area contributed by atoms with Crippen LogP contribution in [0.3, 0.4) is 0 Å². The molecule has 0 saturated heterocycles. The minimum Gasteiger partial charge on any atom is -0.289 e. The lowest BCUT2D eigenvalue weighted by molar-refractivity contribution is -0.131. The van der Waals surface area contributed by atoms with E-state index in [1.54, 1.807) is 0 Å². The summed E-state index contributed by atoms with van der Waals surface area (Å²) in [5.74, 6) is -0.933. The third-order valence-electron chi connectivity index (χ3n) is 2.19. The van der Waals surface area contributed by atoms with Gasteiger partial charge in [-0.1, -0.05) is 13.3 Å². The van der Waals surface area contributed by atoms with E-state index in [9.17, 15) is 13.2 Å². The standard InChI is InChI=1S/C8H17NO4S/c1-4-5-6-14(12,13)8(2,3)7(10)9-11/h11H,4-6H2,1-3H3,(H,9,10). The third-order valence-corrected chi connectivity index (χ3v) is 4.76. The minimum atomic E-state index is -3.51. The molecule has 14 heavy (non-hydrogen) atoms. The lowest BCUT2D eigenvalue weighted by Crippen LogP contribution is -2.47. The lowest BCUT2D eigenvalue weighted by Gasteiger charge is -2.21. The van der Waals surface area contributed by atoms with Gasteiger partial charge in [-0.25, -0.2) is 13.9 Å². The van der Waals surface area contributed by atoms with Crippen molar-refractivity contribution in [2.24, 2.45) is 0 Å². The Morgan fingerprint density at radius 3 is 2.29 bits per heavy atom. The Balaban J connectivity index is 4.79. The van der Waals surface area contributed by atoms with E-state index in [-0.39, 0.29) is 5.75 Å². The Morgan fingerprint density at radius 2 is 1.93 bits per heavy atom. The molecule has 0 radical (unpaired) electrons. The molecule has 0 aliphatic carbocycles. The summed E-state index contributed by atoms with van der Waals surface area (Å²) in [4.78, 5) is 11.1. The van der Waals surface area contributed by atoms with Crippen molar-refractivity contribution < 1.29 is 18.4 Å². The summed E-state index contributed by atoms with van der Waals surface area (Å²) in [5.41, 5.74) is 1.37. The summed E-state index contributed by atoms with van der Waals surface area (Å²) in [6.45, 7) is 4.43. The Kier molecular flexibility index (Phi) is 4.54. The molecule has 1 amide bonds. The van der Waals surface area contributed by atoms with Crippen molar-refractivity contribution in [3.05, 3.63) is 0 Å². The number of carbonyl (C=O) groups is 1. The van der Waals surface area contributed by atoms with E-state index in [2.05, 4.69) is 0 Å². The summed E-state index contributed by atoms with van der Waals surface area (Å²) in [5, 5.41) is 8.40. The Labute approximate surface area is 84.4 Å². The van der Waals surface area contributed by atoms with Gasteiger partial charge in [-0.3, -0.25) is 10.0 Å². The SMILES string of the molecule is CCCCS(=O)(=O)C(C)(C)C(=O)NO. The van der Waals surface area contributed by atoms with Gasteiger partial charge in [-0.05, 0) is 20.3 Å². The first kappa shape index (κ1) is 13.4. The van der Waals surface area contributed by atoms with Crippen molar-refractivity contribution in [2.75, 3.05) is 5.75 Å². The molecule has 84 valence electrons. The molecule has 2 N–H and O–H groups in total. The van der Waals surface area contributed by atoms with Gasteiger partial charge in [0.05, 0.1) is 5.75 Å². The van der Waals surface area contributed by atoms with Crippen LogP contribution in [0.2, 0.25) is 0 Å². The molecular formula is C8H17NO4S. The molecule has 0 spiro atoms. The van der Waals surface area contributed by atoms with E-state index in [0.29, 0.717) is 6.42 Å². The maximum atomic E-state index is 11.6. The highest BCUT2D eigenvalue weighted by Crippen LogP contribution is 2.18. The molecule has 0 unspecified atom stereocenters. The average molecular weight is 223 g/mol. The van der Waals surface area contributed by atoms with Gasteiger partial charge >= 0.3 is 0 Å². The molecule has 0 fully saturated rings. The predicted molar refractivity (Wildman–Crippen MR) is 52.7 cm³/mol. The van der Waals surface area contributed by atoms with Crippen LogP contribution in [0.4, 0.5) is 0 Å². The molecule has 0 rings (SSSR count). The van der Waals surface area contributed by atoms with Crippen LogP contribution in [0.5, 0.6) is 0 Å². The van der Waals surface area contributed by atoms with E-state index in [1.807, 2.05) is 6.92 Å². The first-order valence-electron chi connectivity index (χ1n) is 4.46. The van der Waals surface area contributed by atoms with Crippen LogP contribution >= 0.6 is 0 Å². The fourth-order valence-electron chi connectivity index (χ4n) is 0.865. The van der Waals surface area contributed by atoms with E-state index in [0.717, 1.165) is 6.42 Å². The summed E-state index contributed by atoms with van der Waals surface area (Å²) in [6, 6.07) is 0. The molecule has 0 aromatic rings. The molecule has 0 aromatic carbocycles. The monoisotopic (exact) mass is 223 g/mol. The zero-order valence-electron chi connectivity index (χ0n) is 8.70. The second-order valence-corrected chi connectivity index (χ2v) is 6.28. The van der Waals surface area contributed by atoms with Crippen LogP contribution in [-0.2, 0) is 14.6 Å². The molecule has 0 atom stereocenters. The number of hydrogen-bond acceptors (Lipinski definition) is 4. The number of nitrogens with one attached hydrogen (secondary N) is 1. The number of hydroxylamine groups is 1. The molecule has 0 aromatic heterocycles. The van der Waals surface area contributed by atoms with Gasteiger partial charge in [-0.15, -0.1) is 0 Å². The second kappa shape index (κ2) is 4.75. The van der Waals surface area contributed by atoms with Crippen LogP contribution in [0.25, 0.3) is 0 Å². The second-order valence-electron chi connectivity index (χ2n) is 3.62. The van der Waals surface area contributed by atoms with Gasteiger partial charge in [0.1, 0.15) is 4.75 Å². The van der Waals surface area contributed by atoms with Crippen molar-refractivity contribution in [1.82, 2.24) is 5.48 Å².